The molecule has 2 aliphatic rings. The predicted molar refractivity (Wildman–Crippen MR) is 110 cm³/mol. The minimum Gasteiger partial charge on any atom is -0.382 e. The highest BCUT2D eigenvalue weighted by atomic mass is 16.5. The number of rotatable bonds is 12. The molecular weight excluding hydrogens is 356 g/mol. The maximum atomic E-state index is 12.2. The van der Waals surface area contributed by atoms with Crippen LogP contribution in [0.5, 0.6) is 0 Å². The summed E-state index contributed by atoms with van der Waals surface area (Å²) in [5.74, 6) is 0.863. The molecule has 28 heavy (non-hydrogen) atoms. The van der Waals surface area contributed by atoms with Gasteiger partial charge in [0.15, 0.2) is 0 Å². The molecule has 0 bridgehead atoms. The van der Waals surface area contributed by atoms with Gasteiger partial charge >= 0.3 is 0 Å². The number of carbonyl (C=O) groups excluding carboxylic acids is 2. The lowest BCUT2D eigenvalue weighted by Crippen LogP contribution is -2.50. The van der Waals surface area contributed by atoms with Crippen LogP contribution in [0, 0.1) is 17.3 Å². The molecule has 0 aromatic heterocycles. The predicted octanol–water partition coefficient (Wildman–Crippen LogP) is 2.30. The summed E-state index contributed by atoms with van der Waals surface area (Å²) >= 11 is 0. The van der Waals surface area contributed by atoms with Crippen LogP contribution >= 0.6 is 0 Å². The standard InChI is InChI=1S/C22H40N2O4/c1-18(2)21(26)19-4-6-20(7-5-19)24-11-8-22(17-25,9-12-24)16-23-10-13-28-15-14-27-3/h17-20,23H,4-16H2,1-3H3/t19-,20-. The van der Waals surface area contributed by atoms with Crippen LogP contribution in [0.2, 0.25) is 0 Å². The average molecular weight is 397 g/mol. The summed E-state index contributed by atoms with van der Waals surface area (Å²) in [6.07, 6.45) is 7.30. The fourth-order valence-corrected chi connectivity index (χ4v) is 4.59. The van der Waals surface area contributed by atoms with Crippen LogP contribution in [0.4, 0.5) is 0 Å². The van der Waals surface area contributed by atoms with Crippen molar-refractivity contribution < 1.29 is 19.1 Å². The lowest BCUT2D eigenvalue weighted by Gasteiger charge is -2.44. The molecule has 0 aromatic rings. The first-order valence-corrected chi connectivity index (χ1v) is 11.0. The molecule has 6 nitrogen and oxygen atoms in total. The monoisotopic (exact) mass is 396 g/mol. The number of nitrogens with zero attached hydrogens (tertiary/aromatic N) is 1. The fourth-order valence-electron chi connectivity index (χ4n) is 4.59. The quantitative estimate of drug-likeness (QED) is 0.403. The Morgan fingerprint density at radius 1 is 1.14 bits per heavy atom. The number of hydrogen-bond acceptors (Lipinski definition) is 6. The van der Waals surface area contributed by atoms with E-state index in [2.05, 4.69) is 10.2 Å². The van der Waals surface area contributed by atoms with Crippen LogP contribution in [0.15, 0.2) is 0 Å². The van der Waals surface area contributed by atoms with Crippen LogP contribution in [-0.4, -0.2) is 76.1 Å². The third kappa shape index (κ3) is 6.90. The van der Waals surface area contributed by atoms with Gasteiger partial charge in [-0.1, -0.05) is 13.8 Å². The third-order valence-corrected chi connectivity index (χ3v) is 6.56. The first kappa shape index (κ1) is 23.5. The number of Topliss-reactive ketones (excluding diaryl/α,β-unsaturated/α-hetero) is 1. The van der Waals surface area contributed by atoms with E-state index in [1.54, 1.807) is 7.11 Å². The van der Waals surface area contributed by atoms with Crippen molar-refractivity contribution in [3.63, 3.8) is 0 Å². The Bertz CT molecular complexity index is 467. The molecule has 0 unspecified atom stereocenters. The molecule has 1 saturated heterocycles. The van der Waals surface area contributed by atoms with Crippen LogP contribution < -0.4 is 5.32 Å². The Hall–Kier alpha value is -0.820. The largest absolute Gasteiger partial charge is 0.382 e. The van der Waals surface area contributed by atoms with Crippen molar-refractivity contribution in [3.8, 4) is 0 Å². The van der Waals surface area contributed by atoms with E-state index in [9.17, 15) is 9.59 Å². The molecule has 1 saturated carbocycles. The highest BCUT2D eigenvalue weighted by Gasteiger charge is 2.37. The summed E-state index contributed by atoms with van der Waals surface area (Å²) in [7, 11) is 1.67. The zero-order chi connectivity index (χ0) is 20.4. The molecule has 0 radical (unpaired) electrons. The summed E-state index contributed by atoms with van der Waals surface area (Å²) in [4.78, 5) is 26.6. The van der Waals surface area contributed by atoms with Crippen LogP contribution in [-0.2, 0) is 19.1 Å². The summed E-state index contributed by atoms with van der Waals surface area (Å²) in [5, 5.41) is 3.39. The number of ketones is 1. The van der Waals surface area contributed by atoms with Crippen LogP contribution in [0.1, 0.15) is 52.4 Å². The van der Waals surface area contributed by atoms with Crippen molar-refractivity contribution in [2.24, 2.45) is 17.3 Å². The second-order valence-electron chi connectivity index (χ2n) is 8.86. The van der Waals surface area contributed by atoms with E-state index in [4.69, 9.17) is 9.47 Å². The Morgan fingerprint density at radius 2 is 1.82 bits per heavy atom. The van der Waals surface area contributed by atoms with Gasteiger partial charge in [-0.15, -0.1) is 0 Å². The van der Waals surface area contributed by atoms with E-state index in [0.29, 0.717) is 31.6 Å². The van der Waals surface area contributed by atoms with Gasteiger partial charge in [-0.3, -0.25) is 4.79 Å². The molecule has 1 N–H and O–H groups in total. The maximum absolute atomic E-state index is 12.2. The third-order valence-electron chi connectivity index (χ3n) is 6.56. The van der Waals surface area contributed by atoms with Gasteiger partial charge < -0.3 is 24.5 Å². The number of carbonyl (C=O) groups is 2. The van der Waals surface area contributed by atoms with E-state index >= 15 is 0 Å². The number of likely N-dealkylation sites (tertiary alicyclic amines) is 1. The molecule has 1 aliphatic carbocycles. The Kier molecular flexibility index (Phi) is 10.1. The Labute approximate surface area is 170 Å². The van der Waals surface area contributed by atoms with Crippen molar-refractivity contribution in [1.82, 2.24) is 10.2 Å². The maximum Gasteiger partial charge on any atom is 0.138 e. The lowest BCUT2D eigenvalue weighted by atomic mass is 9.76. The van der Waals surface area contributed by atoms with Crippen LogP contribution in [0.25, 0.3) is 0 Å². The van der Waals surface area contributed by atoms with Crippen molar-refractivity contribution in [2.75, 3.05) is 53.1 Å². The van der Waals surface area contributed by atoms with E-state index in [1.165, 1.54) is 6.29 Å². The summed E-state index contributed by atoms with van der Waals surface area (Å²) < 4.78 is 10.4. The number of hydrogen-bond donors (Lipinski definition) is 1. The van der Waals surface area contributed by atoms with Crippen molar-refractivity contribution in [2.45, 2.75) is 58.4 Å². The van der Waals surface area contributed by atoms with Gasteiger partial charge in [0, 0.05) is 43.5 Å². The van der Waals surface area contributed by atoms with Gasteiger partial charge in [-0.05, 0) is 51.6 Å². The van der Waals surface area contributed by atoms with E-state index in [-0.39, 0.29) is 17.3 Å². The molecule has 0 atom stereocenters. The van der Waals surface area contributed by atoms with E-state index in [1.807, 2.05) is 13.8 Å². The van der Waals surface area contributed by atoms with Gasteiger partial charge in [0.05, 0.1) is 19.8 Å². The molecule has 6 heteroatoms. The second kappa shape index (κ2) is 12.0. The number of aldehydes is 1. The number of nitrogens with one attached hydrogen (secondary N) is 1. The molecule has 2 fully saturated rings. The molecule has 162 valence electrons. The topological polar surface area (TPSA) is 67.9 Å². The number of ether oxygens (including phenoxy) is 2. The minimum atomic E-state index is -0.242. The molecular formula is C22H40N2O4. The Balaban J connectivity index is 1.67. The lowest BCUT2D eigenvalue weighted by molar-refractivity contribution is -0.127. The molecule has 0 aromatic carbocycles. The number of methoxy groups -OCH3 is 1. The smallest absolute Gasteiger partial charge is 0.138 e. The van der Waals surface area contributed by atoms with Gasteiger partial charge in [0.2, 0.25) is 0 Å². The van der Waals surface area contributed by atoms with E-state index < -0.39 is 0 Å². The second-order valence-corrected chi connectivity index (χ2v) is 8.86. The van der Waals surface area contributed by atoms with Gasteiger partial charge in [0.1, 0.15) is 12.1 Å². The van der Waals surface area contributed by atoms with Crippen molar-refractivity contribution in [3.05, 3.63) is 0 Å². The molecule has 0 spiro atoms. The number of piperidine rings is 1. The van der Waals surface area contributed by atoms with Gasteiger partial charge in [-0.25, -0.2) is 0 Å². The first-order valence-electron chi connectivity index (χ1n) is 11.0. The zero-order valence-corrected chi connectivity index (χ0v) is 18.1. The molecule has 1 heterocycles. The normalized spacial score (nSPS) is 25.7. The summed E-state index contributed by atoms with van der Waals surface area (Å²) in [5.41, 5.74) is -0.242. The minimum absolute atomic E-state index is 0.155. The Morgan fingerprint density at radius 3 is 2.39 bits per heavy atom. The molecule has 0 amide bonds. The summed E-state index contributed by atoms with van der Waals surface area (Å²) in [6.45, 7) is 9.35. The molecule has 2 rings (SSSR count). The van der Waals surface area contributed by atoms with Crippen molar-refractivity contribution >= 4 is 12.1 Å². The highest BCUT2D eigenvalue weighted by molar-refractivity contribution is 5.82. The zero-order valence-electron chi connectivity index (χ0n) is 18.1. The highest BCUT2D eigenvalue weighted by Crippen LogP contribution is 2.35. The van der Waals surface area contributed by atoms with E-state index in [0.717, 1.165) is 64.7 Å². The van der Waals surface area contributed by atoms with Crippen LogP contribution in [0.3, 0.4) is 0 Å². The SMILES string of the molecule is COCCOCCNCC1(C=O)CCN([C@H]2CC[C@H](C(=O)C(C)C)CC2)CC1. The van der Waals surface area contributed by atoms with Crippen molar-refractivity contribution in [1.29, 1.82) is 0 Å². The first-order chi connectivity index (χ1) is 13.5. The average Bonchev–Trinajstić information content (AvgIpc) is 2.73. The molecule has 1 aliphatic heterocycles. The van der Waals surface area contributed by atoms with Gasteiger partial charge in [0.25, 0.3) is 0 Å². The van der Waals surface area contributed by atoms with Gasteiger partial charge in [-0.2, -0.15) is 0 Å². The summed E-state index contributed by atoms with van der Waals surface area (Å²) in [6, 6.07) is 0.586. The fraction of sp³-hybridized carbons (Fsp3) is 0.909.